The molecule has 0 unspecified atom stereocenters. The lowest BCUT2D eigenvalue weighted by molar-refractivity contribution is -0.132. The molecule has 0 saturated carbocycles. The van der Waals surface area contributed by atoms with Gasteiger partial charge in [0.2, 0.25) is 0 Å². The first kappa shape index (κ1) is 12.0. The standard InChI is InChI=1S/C8H13ClN2O2/c1-5(2)11(10)4-7(9)6(3)8(12)13/h4-5H,3,10H2,1-2H3,(H,12,13)/b7-4+. The highest BCUT2D eigenvalue weighted by Crippen LogP contribution is 2.13. The van der Waals surface area contributed by atoms with Crippen LogP contribution in [-0.4, -0.2) is 22.1 Å². The van der Waals surface area contributed by atoms with Crippen molar-refractivity contribution < 1.29 is 9.90 Å². The van der Waals surface area contributed by atoms with E-state index in [4.69, 9.17) is 22.6 Å². The van der Waals surface area contributed by atoms with E-state index in [2.05, 4.69) is 6.58 Å². The number of carbonyl (C=O) groups is 1. The molecule has 3 N–H and O–H groups in total. The van der Waals surface area contributed by atoms with Crippen molar-refractivity contribution in [2.45, 2.75) is 19.9 Å². The molecule has 5 heteroatoms. The van der Waals surface area contributed by atoms with Gasteiger partial charge in [-0.2, -0.15) is 0 Å². The first-order valence-electron chi connectivity index (χ1n) is 3.69. The lowest BCUT2D eigenvalue weighted by Crippen LogP contribution is -2.32. The monoisotopic (exact) mass is 204 g/mol. The molecule has 0 aromatic heterocycles. The fraction of sp³-hybridized carbons (Fsp3) is 0.375. The van der Waals surface area contributed by atoms with Crippen molar-refractivity contribution in [2.75, 3.05) is 0 Å². The average molecular weight is 205 g/mol. The molecule has 0 saturated heterocycles. The van der Waals surface area contributed by atoms with Crippen LogP contribution in [-0.2, 0) is 4.79 Å². The third-order valence-electron chi connectivity index (χ3n) is 1.41. The highest BCUT2D eigenvalue weighted by molar-refractivity contribution is 6.34. The van der Waals surface area contributed by atoms with E-state index in [0.29, 0.717) is 0 Å². The highest BCUT2D eigenvalue weighted by atomic mass is 35.5. The van der Waals surface area contributed by atoms with Crippen LogP contribution in [0.3, 0.4) is 0 Å². The molecule has 0 amide bonds. The number of carboxylic acid groups (broad SMARTS) is 1. The van der Waals surface area contributed by atoms with Crippen LogP contribution < -0.4 is 5.84 Å². The van der Waals surface area contributed by atoms with E-state index in [9.17, 15) is 4.79 Å². The van der Waals surface area contributed by atoms with Gasteiger partial charge in [0.05, 0.1) is 10.6 Å². The predicted octanol–water partition coefficient (Wildman–Crippen LogP) is 1.29. The zero-order valence-electron chi connectivity index (χ0n) is 7.62. The largest absolute Gasteiger partial charge is 0.478 e. The van der Waals surface area contributed by atoms with Crippen molar-refractivity contribution in [1.82, 2.24) is 5.01 Å². The van der Waals surface area contributed by atoms with Gasteiger partial charge in [-0.25, -0.2) is 10.6 Å². The van der Waals surface area contributed by atoms with Crippen molar-refractivity contribution in [2.24, 2.45) is 5.84 Å². The Morgan fingerprint density at radius 1 is 1.69 bits per heavy atom. The van der Waals surface area contributed by atoms with Gasteiger partial charge in [0.25, 0.3) is 0 Å². The molecule has 0 spiro atoms. The minimum Gasteiger partial charge on any atom is -0.478 e. The highest BCUT2D eigenvalue weighted by Gasteiger charge is 2.09. The summed E-state index contributed by atoms with van der Waals surface area (Å²) in [6.07, 6.45) is 1.34. The maximum Gasteiger partial charge on any atom is 0.336 e. The molecule has 4 nitrogen and oxygen atoms in total. The Hall–Kier alpha value is -1.00. The zero-order valence-corrected chi connectivity index (χ0v) is 8.38. The number of nitrogens with zero attached hydrogens (tertiary/aromatic N) is 1. The van der Waals surface area contributed by atoms with Crippen molar-refractivity contribution >= 4 is 17.6 Å². The smallest absolute Gasteiger partial charge is 0.336 e. The van der Waals surface area contributed by atoms with Gasteiger partial charge in [-0.05, 0) is 13.8 Å². The van der Waals surface area contributed by atoms with Crippen molar-refractivity contribution in [3.05, 3.63) is 23.4 Å². The van der Waals surface area contributed by atoms with Crippen molar-refractivity contribution in [3.8, 4) is 0 Å². The van der Waals surface area contributed by atoms with Gasteiger partial charge in [0.1, 0.15) is 0 Å². The summed E-state index contributed by atoms with van der Waals surface area (Å²) in [6, 6.07) is 0.0512. The van der Waals surface area contributed by atoms with E-state index in [1.54, 1.807) is 0 Å². The third-order valence-corrected chi connectivity index (χ3v) is 1.73. The van der Waals surface area contributed by atoms with Crippen LogP contribution in [0.4, 0.5) is 0 Å². The maximum absolute atomic E-state index is 10.4. The summed E-state index contributed by atoms with van der Waals surface area (Å²) in [5.74, 6) is 4.34. The first-order chi connectivity index (χ1) is 5.86. The summed E-state index contributed by atoms with van der Waals surface area (Å²) in [4.78, 5) is 10.4. The normalized spacial score (nSPS) is 11.6. The van der Waals surface area contributed by atoms with Crippen LogP contribution in [0, 0.1) is 0 Å². The SMILES string of the molecule is C=C(C(=O)O)/C(Cl)=C\N(N)C(C)C. The Balaban J connectivity index is 4.49. The van der Waals surface area contributed by atoms with Crippen LogP contribution in [0.25, 0.3) is 0 Å². The van der Waals surface area contributed by atoms with Crippen LogP contribution in [0.5, 0.6) is 0 Å². The summed E-state index contributed by atoms with van der Waals surface area (Å²) < 4.78 is 0. The van der Waals surface area contributed by atoms with E-state index in [1.807, 2.05) is 13.8 Å². The number of halogens is 1. The molecule has 0 radical (unpaired) electrons. The van der Waals surface area contributed by atoms with E-state index < -0.39 is 5.97 Å². The van der Waals surface area contributed by atoms with E-state index in [1.165, 1.54) is 11.2 Å². The molecular formula is C8H13ClN2O2. The van der Waals surface area contributed by atoms with Crippen molar-refractivity contribution in [3.63, 3.8) is 0 Å². The fourth-order valence-electron chi connectivity index (χ4n) is 0.460. The molecule has 0 fully saturated rings. The van der Waals surface area contributed by atoms with E-state index in [0.717, 1.165) is 0 Å². The number of carboxylic acids is 1. The molecular weight excluding hydrogens is 192 g/mol. The lowest BCUT2D eigenvalue weighted by Gasteiger charge is -2.18. The Morgan fingerprint density at radius 3 is 2.46 bits per heavy atom. The number of hydrogen-bond donors (Lipinski definition) is 2. The Kier molecular flexibility index (Phi) is 4.51. The summed E-state index contributed by atoms with van der Waals surface area (Å²) >= 11 is 5.62. The van der Waals surface area contributed by atoms with E-state index in [-0.39, 0.29) is 16.6 Å². The first-order valence-corrected chi connectivity index (χ1v) is 4.07. The second-order valence-electron chi connectivity index (χ2n) is 2.80. The van der Waals surface area contributed by atoms with Gasteiger partial charge < -0.3 is 10.1 Å². The number of nitrogens with two attached hydrogens (primary N) is 1. The molecule has 13 heavy (non-hydrogen) atoms. The lowest BCUT2D eigenvalue weighted by atomic mass is 10.3. The molecule has 74 valence electrons. The van der Waals surface area contributed by atoms with Crippen LogP contribution in [0.15, 0.2) is 23.4 Å². The Labute approximate surface area is 82.2 Å². The second kappa shape index (κ2) is 4.89. The minimum absolute atomic E-state index is 0.0312. The number of hydrazine groups is 1. The number of rotatable bonds is 4. The molecule has 0 aliphatic heterocycles. The predicted molar refractivity (Wildman–Crippen MR) is 51.9 cm³/mol. The summed E-state index contributed by atoms with van der Waals surface area (Å²) in [5, 5.41) is 9.87. The number of aliphatic carboxylic acids is 1. The van der Waals surface area contributed by atoms with Crippen molar-refractivity contribution in [1.29, 1.82) is 0 Å². The minimum atomic E-state index is -1.15. The Morgan fingerprint density at radius 2 is 2.15 bits per heavy atom. The van der Waals surface area contributed by atoms with Gasteiger partial charge in [0.15, 0.2) is 0 Å². The molecule has 0 bridgehead atoms. The van der Waals surface area contributed by atoms with Crippen LogP contribution in [0.2, 0.25) is 0 Å². The second-order valence-corrected chi connectivity index (χ2v) is 3.21. The number of hydrogen-bond acceptors (Lipinski definition) is 3. The fourth-order valence-corrected chi connectivity index (χ4v) is 0.654. The van der Waals surface area contributed by atoms with Gasteiger partial charge >= 0.3 is 5.97 Å². The molecule has 0 aromatic carbocycles. The molecule has 0 aliphatic carbocycles. The molecule has 0 atom stereocenters. The van der Waals surface area contributed by atoms with Gasteiger partial charge in [-0.15, -0.1) is 0 Å². The van der Waals surface area contributed by atoms with Gasteiger partial charge in [-0.3, -0.25) is 0 Å². The molecule has 0 heterocycles. The van der Waals surface area contributed by atoms with E-state index >= 15 is 0 Å². The van der Waals surface area contributed by atoms with Gasteiger partial charge in [0, 0.05) is 12.2 Å². The molecule has 0 rings (SSSR count). The third kappa shape index (κ3) is 3.96. The Bertz CT molecular complexity index is 249. The molecule has 0 aromatic rings. The van der Waals surface area contributed by atoms with Gasteiger partial charge in [-0.1, -0.05) is 18.2 Å². The summed E-state index contributed by atoms with van der Waals surface area (Å²) in [7, 11) is 0. The maximum atomic E-state index is 10.4. The molecule has 0 aliphatic rings. The van der Waals surface area contributed by atoms with Crippen LogP contribution in [0.1, 0.15) is 13.8 Å². The summed E-state index contributed by atoms with van der Waals surface area (Å²) in [6.45, 7) is 6.99. The average Bonchev–Trinajstić information content (AvgIpc) is 2.02. The van der Waals surface area contributed by atoms with Crippen LogP contribution >= 0.6 is 11.6 Å². The zero-order chi connectivity index (χ0) is 10.6. The topological polar surface area (TPSA) is 66.6 Å². The quantitative estimate of drug-likeness (QED) is 0.314. The summed E-state index contributed by atoms with van der Waals surface area (Å²) in [5.41, 5.74) is -0.169.